The fourth-order valence-electron chi connectivity index (χ4n) is 4.25. The minimum Gasteiger partial charge on any atom is -0.493 e. The van der Waals surface area contributed by atoms with Crippen molar-refractivity contribution in [1.29, 1.82) is 0 Å². The molecule has 1 saturated carbocycles. The summed E-state index contributed by atoms with van der Waals surface area (Å²) >= 11 is 1.63. The minimum atomic E-state index is -0.222. The molecule has 7 nitrogen and oxygen atoms in total. The number of nitrogens with one attached hydrogen (secondary N) is 1. The SMILES string of the molecule is CCc1cccc(NC(=O)N(CC(=O)N(CCc2ccc(OC)c(OC)c2)Cc2cccs2)C2CC2)c1. The largest absolute Gasteiger partial charge is 0.493 e. The molecule has 4 rings (SSSR count). The number of nitrogens with zero attached hydrogens (tertiary/aromatic N) is 2. The van der Waals surface area contributed by atoms with Crippen molar-refractivity contribution in [2.75, 3.05) is 32.6 Å². The monoisotopic (exact) mass is 521 g/mol. The standard InChI is InChI=1S/C29H35N3O4S/c1-4-21-7-5-8-23(17-21)30-29(34)32(24-11-12-24)20-28(33)31(19-25-9-6-16-37-25)15-14-22-10-13-26(35-2)27(18-22)36-3/h5-10,13,16-18,24H,4,11-12,14-15,19-20H2,1-3H3,(H,30,34). The van der Waals surface area contributed by atoms with E-state index < -0.39 is 0 Å². The lowest BCUT2D eigenvalue weighted by Gasteiger charge is -2.28. The molecule has 1 aliphatic rings. The highest BCUT2D eigenvalue weighted by Gasteiger charge is 2.35. The Labute approximate surface area is 223 Å². The summed E-state index contributed by atoms with van der Waals surface area (Å²) in [5, 5.41) is 5.02. The molecule has 1 aromatic heterocycles. The van der Waals surface area contributed by atoms with E-state index in [-0.39, 0.29) is 24.5 Å². The van der Waals surface area contributed by atoms with Crippen LogP contribution in [0.3, 0.4) is 0 Å². The number of anilines is 1. The number of carbonyl (C=O) groups is 2. The third kappa shape index (κ3) is 7.26. The molecule has 0 unspecified atom stereocenters. The van der Waals surface area contributed by atoms with Crippen LogP contribution in [0, 0.1) is 0 Å². The van der Waals surface area contributed by atoms with Crippen LogP contribution in [0.5, 0.6) is 11.5 Å². The zero-order valence-corrected chi connectivity index (χ0v) is 22.6. The van der Waals surface area contributed by atoms with Crippen LogP contribution in [0.1, 0.15) is 35.8 Å². The third-order valence-electron chi connectivity index (χ3n) is 6.54. The van der Waals surface area contributed by atoms with Gasteiger partial charge >= 0.3 is 6.03 Å². The first-order chi connectivity index (χ1) is 18.0. The summed E-state index contributed by atoms with van der Waals surface area (Å²) in [7, 11) is 3.23. The fourth-order valence-corrected chi connectivity index (χ4v) is 4.97. The van der Waals surface area contributed by atoms with Crippen molar-refractivity contribution in [2.45, 2.75) is 45.2 Å². The van der Waals surface area contributed by atoms with E-state index in [0.29, 0.717) is 31.0 Å². The number of hydrogen-bond donors (Lipinski definition) is 1. The molecule has 0 spiro atoms. The average molecular weight is 522 g/mol. The molecule has 1 fully saturated rings. The number of amides is 3. The maximum absolute atomic E-state index is 13.6. The molecule has 0 saturated heterocycles. The van der Waals surface area contributed by atoms with Gasteiger partial charge in [0.25, 0.3) is 0 Å². The normalized spacial score (nSPS) is 12.6. The van der Waals surface area contributed by atoms with Gasteiger partial charge in [-0.1, -0.05) is 31.2 Å². The smallest absolute Gasteiger partial charge is 0.322 e. The van der Waals surface area contributed by atoms with Crippen LogP contribution in [0.4, 0.5) is 10.5 Å². The molecule has 8 heteroatoms. The Morgan fingerprint density at radius 3 is 2.49 bits per heavy atom. The number of rotatable bonds is 12. The van der Waals surface area contributed by atoms with Crippen molar-refractivity contribution in [2.24, 2.45) is 0 Å². The number of hydrogen-bond acceptors (Lipinski definition) is 5. The van der Waals surface area contributed by atoms with Gasteiger partial charge in [0.05, 0.1) is 20.8 Å². The van der Waals surface area contributed by atoms with Gasteiger partial charge in [-0.2, -0.15) is 0 Å². The Morgan fingerprint density at radius 2 is 1.81 bits per heavy atom. The molecule has 2 aromatic carbocycles. The summed E-state index contributed by atoms with van der Waals surface area (Å²) in [4.78, 5) is 31.4. The predicted molar refractivity (Wildman–Crippen MR) is 148 cm³/mol. The second-order valence-corrected chi connectivity index (χ2v) is 10.2. The van der Waals surface area contributed by atoms with Crippen LogP contribution in [-0.4, -0.2) is 55.1 Å². The van der Waals surface area contributed by atoms with Crippen molar-refractivity contribution in [3.63, 3.8) is 0 Å². The molecule has 3 amide bonds. The number of urea groups is 1. The fraction of sp³-hybridized carbons (Fsp3) is 0.379. The third-order valence-corrected chi connectivity index (χ3v) is 7.40. The van der Waals surface area contributed by atoms with Crippen LogP contribution in [0.15, 0.2) is 60.0 Å². The Hall–Kier alpha value is -3.52. The Kier molecular flexibility index (Phi) is 9.06. The molecule has 0 radical (unpaired) electrons. The first kappa shape index (κ1) is 26.5. The molecule has 37 heavy (non-hydrogen) atoms. The van der Waals surface area contributed by atoms with E-state index >= 15 is 0 Å². The summed E-state index contributed by atoms with van der Waals surface area (Å²) in [5.74, 6) is 1.28. The summed E-state index contributed by atoms with van der Waals surface area (Å²) in [6, 6.07) is 17.6. The molecule has 1 aliphatic carbocycles. The summed E-state index contributed by atoms with van der Waals surface area (Å²) in [5.41, 5.74) is 2.96. The number of aryl methyl sites for hydroxylation is 1. The van der Waals surface area contributed by atoms with Crippen LogP contribution >= 0.6 is 11.3 Å². The van der Waals surface area contributed by atoms with Gasteiger partial charge in [0.2, 0.25) is 5.91 Å². The molecule has 1 N–H and O–H groups in total. The van der Waals surface area contributed by atoms with Crippen LogP contribution in [0.2, 0.25) is 0 Å². The molecule has 196 valence electrons. The number of ether oxygens (including phenoxy) is 2. The highest BCUT2D eigenvalue weighted by atomic mass is 32.1. The van der Waals surface area contributed by atoms with Gasteiger partial charge in [-0.05, 0) is 72.5 Å². The topological polar surface area (TPSA) is 71.1 Å². The van der Waals surface area contributed by atoms with E-state index in [2.05, 4.69) is 12.2 Å². The zero-order chi connectivity index (χ0) is 26.2. The molecule has 0 bridgehead atoms. The van der Waals surface area contributed by atoms with Crippen LogP contribution in [-0.2, 0) is 24.2 Å². The quantitative estimate of drug-likeness (QED) is 0.337. The van der Waals surface area contributed by atoms with Gasteiger partial charge in [-0.25, -0.2) is 4.79 Å². The first-order valence-electron chi connectivity index (χ1n) is 12.7. The van der Waals surface area contributed by atoms with E-state index in [9.17, 15) is 9.59 Å². The van der Waals surface area contributed by atoms with Crippen LogP contribution in [0.25, 0.3) is 0 Å². The van der Waals surface area contributed by atoms with Gasteiger partial charge in [0.1, 0.15) is 6.54 Å². The number of methoxy groups -OCH3 is 2. The number of carbonyl (C=O) groups excluding carboxylic acids is 2. The second kappa shape index (κ2) is 12.6. The maximum Gasteiger partial charge on any atom is 0.322 e. The van der Waals surface area contributed by atoms with Gasteiger partial charge in [-0.15, -0.1) is 11.3 Å². The average Bonchev–Trinajstić information content (AvgIpc) is 3.63. The van der Waals surface area contributed by atoms with E-state index in [0.717, 1.165) is 41.0 Å². The van der Waals surface area contributed by atoms with Crippen molar-refractivity contribution in [1.82, 2.24) is 9.80 Å². The summed E-state index contributed by atoms with van der Waals surface area (Å²) in [6.45, 7) is 3.19. The van der Waals surface area contributed by atoms with Gasteiger partial charge in [-0.3, -0.25) is 4.79 Å². The van der Waals surface area contributed by atoms with Crippen molar-refractivity contribution < 1.29 is 19.1 Å². The lowest BCUT2D eigenvalue weighted by Crippen LogP contribution is -2.45. The highest BCUT2D eigenvalue weighted by molar-refractivity contribution is 7.09. The predicted octanol–water partition coefficient (Wildman–Crippen LogP) is 5.60. The lowest BCUT2D eigenvalue weighted by atomic mass is 10.1. The Bertz CT molecular complexity index is 1190. The van der Waals surface area contributed by atoms with Gasteiger partial charge < -0.3 is 24.6 Å². The second-order valence-electron chi connectivity index (χ2n) is 9.18. The molecule has 0 aliphatic heterocycles. The summed E-state index contributed by atoms with van der Waals surface area (Å²) in [6.07, 6.45) is 3.40. The van der Waals surface area contributed by atoms with Crippen molar-refractivity contribution in [3.05, 3.63) is 76.0 Å². The number of thiophene rings is 1. The first-order valence-corrected chi connectivity index (χ1v) is 13.6. The molecule has 0 atom stereocenters. The Morgan fingerprint density at radius 1 is 1.00 bits per heavy atom. The molecule has 3 aromatic rings. The zero-order valence-electron chi connectivity index (χ0n) is 21.7. The maximum atomic E-state index is 13.6. The van der Waals surface area contributed by atoms with E-state index in [1.54, 1.807) is 30.5 Å². The lowest BCUT2D eigenvalue weighted by molar-refractivity contribution is -0.132. The highest BCUT2D eigenvalue weighted by Crippen LogP contribution is 2.29. The van der Waals surface area contributed by atoms with Gasteiger partial charge in [0.15, 0.2) is 11.5 Å². The van der Waals surface area contributed by atoms with Gasteiger partial charge in [0, 0.05) is 23.2 Å². The minimum absolute atomic E-state index is 0.0568. The van der Waals surface area contributed by atoms with E-state index in [1.807, 2.05) is 64.9 Å². The van der Waals surface area contributed by atoms with Crippen molar-refractivity contribution >= 4 is 29.0 Å². The van der Waals surface area contributed by atoms with Crippen molar-refractivity contribution in [3.8, 4) is 11.5 Å². The summed E-state index contributed by atoms with van der Waals surface area (Å²) < 4.78 is 10.8. The molecular weight excluding hydrogens is 486 g/mol. The molecular formula is C29H35N3O4S. The number of benzene rings is 2. The van der Waals surface area contributed by atoms with E-state index in [4.69, 9.17) is 9.47 Å². The van der Waals surface area contributed by atoms with Crippen LogP contribution < -0.4 is 14.8 Å². The molecule has 1 heterocycles. The van der Waals surface area contributed by atoms with E-state index in [1.165, 1.54) is 0 Å². The Balaban J connectivity index is 1.45.